The number of ether oxygens (including phenoxy) is 1. The molecule has 6 heteroatoms. The van der Waals surface area contributed by atoms with E-state index in [2.05, 4.69) is 29.1 Å². The molecule has 1 aliphatic heterocycles. The van der Waals surface area contributed by atoms with Crippen molar-refractivity contribution in [1.29, 1.82) is 0 Å². The number of benzene rings is 1. The zero-order valence-corrected chi connectivity index (χ0v) is 15.1. The summed E-state index contributed by atoms with van der Waals surface area (Å²) in [4.78, 5) is 19.6. The number of carbonyl (C=O) groups is 1. The van der Waals surface area contributed by atoms with Gasteiger partial charge in [-0.1, -0.05) is 31.5 Å². The summed E-state index contributed by atoms with van der Waals surface area (Å²) in [5.41, 5.74) is 3.25. The third-order valence-corrected chi connectivity index (χ3v) is 4.44. The lowest BCUT2D eigenvalue weighted by atomic mass is 9.88. The highest BCUT2D eigenvalue weighted by Crippen LogP contribution is 2.27. The fourth-order valence-corrected chi connectivity index (χ4v) is 3.06. The molecule has 0 saturated heterocycles. The van der Waals surface area contributed by atoms with Crippen LogP contribution in [0.2, 0.25) is 0 Å². The van der Waals surface area contributed by atoms with E-state index in [0.717, 1.165) is 22.6 Å². The van der Waals surface area contributed by atoms with E-state index in [0.29, 0.717) is 24.5 Å². The van der Waals surface area contributed by atoms with E-state index < -0.39 is 6.10 Å². The van der Waals surface area contributed by atoms with Gasteiger partial charge in [0.15, 0.2) is 0 Å². The fourth-order valence-electron chi connectivity index (χ4n) is 3.06. The van der Waals surface area contributed by atoms with Crippen LogP contribution in [0.25, 0.3) is 0 Å². The van der Waals surface area contributed by atoms with Gasteiger partial charge in [0.05, 0.1) is 0 Å². The van der Waals surface area contributed by atoms with Crippen molar-refractivity contribution in [3.8, 4) is 5.75 Å². The molecule has 1 aliphatic rings. The van der Waals surface area contributed by atoms with E-state index in [9.17, 15) is 9.90 Å². The van der Waals surface area contributed by atoms with Gasteiger partial charge in [0.1, 0.15) is 30.0 Å². The fraction of sp³-hybridized carbons (Fsp3) is 0.474. The van der Waals surface area contributed by atoms with Gasteiger partial charge in [0.25, 0.3) is 5.91 Å². The van der Waals surface area contributed by atoms with Crippen LogP contribution in [0.1, 0.15) is 53.1 Å². The third-order valence-electron chi connectivity index (χ3n) is 4.44. The first-order chi connectivity index (χ1) is 11.7. The average Bonchev–Trinajstić information content (AvgIpc) is 2.90. The molecular formula is C19H25N3O3. The first-order valence-corrected chi connectivity index (χ1v) is 8.50. The highest BCUT2D eigenvalue weighted by Gasteiger charge is 2.30. The molecule has 1 atom stereocenters. The molecule has 6 nitrogen and oxygen atoms in total. The highest BCUT2D eigenvalue weighted by molar-refractivity contribution is 5.94. The van der Waals surface area contributed by atoms with Crippen molar-refractivity contribution in [2.24, 2.45) is 5.41 Å². The van der Waals surface area contributed by atoms with Crippen LogP contribution in [0.5, 0.6) is 5.75 Å². The number of aliphatic hydroxyl groups excluding tert-OH is 1. The van der Waals surface area contributed by atoms with E-state index in [1.807, 2.05) is 32.0 Å². The van der Waals surface area contributed by atoms with Gasteiger partial charge in [0.2, 0.25) is 0 Å². The number of nitrogens with zero attached hydrogens (tertiary/aromatic N) is 1. The molecule has 1 amide bonds. The van der Waals surface area contributed by atoms with Crippen molar-refractivity contribution in [3.63, 3.8) is 0 Å². The molecule has 1 aromatic heterocycles. The summed E-state index contributed by atoms with van der Waals surface area (Å²) in [6, 6.07) is 5.89. The van der Waals surface area contributed by atoms with Crippen molar-refractivity contribution >= 4 is 5.91 Å². The zero-order valence-electron chi connectivity index (χ0n) is 15.1. The lowest BCUT2D eigenvalue weighted by molar-refractivity contribution is 0.0932. The van der Waals surface area contributed by atoms with Gasteiger partial charge in [-0.05, 0) is 37.3 Å². The van der Waals surface area contributed by atoms with Crippen molar-refractivity contribution in [2.45, 2.75) is 40.2 Å². The van der Waals surface area contributed by atoms with E-state index in [4.69, 9.17) is 4.74 Å². The summed E-state index contributed by atoms with van der Waals surface area (Å²) in [5.74, 6) is 0.893. The Labute approximate surface area is 147 Å². The number of aromatic nitrogens is 2. The smallest absolute Gasteiger partial charge is 0.271 e. The SMILES string of the molecule is Cc1ccc(OCC(O)c2nc3c([nH]2)CC(C)(C)CNC3=O)c(C)c1. The minimum atomic E-state index is -0.927. The molecule has 0 bridgehead atoms. The average molecular weight is 343 g/mol. The lowest BCUT2D eigenvalue weighted by Crippen LogP contribution is -2.32. The normalized spacial score (nSPS) is 17.4. The van der Waals surface area contributed by atoms with Crippen LogP contribution in [-0.4, -0.2) is 34.1 Å². The molecule has 1 aromatic carbocycles. The Bertz CT molecular complexity index is 795. The van der Waals surface area contributed by atoms with Crippen LogP contribution >= 0.6 is 0 Å². The second-order valence-corrected chi connectivity index (χ2v) is 7.57. The molecule has 0 radical (unpaired) electrons. The lowest BCUT2D eigenvalue weighted by Gasteiger charge is -2.21. The number of amides is 1. The Morgan fingerprint density at radius 1 is 1.36 bits per heavy atom. The molecule has 1 unspecified atom stereocenters. The van der Waals surface area contributed by atoms with E-state index >= 15 is 0 Å². The Morgan fingerprint density at radius 3 is 2.84 bits per heavy atom. The van der Waals surface area contributed by atoms with Crippen LogP contribution in [0.15, 0.2) is 18.2 Å². The third kappa shape index (κ3) is 3.85. The van der Waals surface area contributed by atoms with E-state index in [-0.39, 0.29) is 17.9 Å². The summed E-state index contributed by atoms with van der Waals surface area (Å²) < 4.78 is 5.72. The van der Waals surface area contributed by atoms with Crippen molar-refractivity contribution in [3.05, 3.63) is 46.5 Å². The number of carbonyl (C=O) groups excluding carboxylic acids is 1. The number of aliphatic hydroxyl groups is 1. The van der Waals surface area contributed by atoms with Gasteiger partial charge in [-0.3, -0.25) is 4.79 Å². The standard InChI is InChI=1S/C19H25N3O3/c1-11-5-6-15(12(2)7-11)25-9-14(23)17-21-13-8-19(3,4)10-20-18(24)16(13)22-17/h5-7,14,23H,8-10H2,1-4H3,(H,20,24)(H,21,22). The number of aryl methyl sites for hydroxylation is 2. The predicted octanol–water partition coefficient (Wildman–Crippen LogP) is 2.45. The minimum Gasteiger partial charge on any atom is -0.490 e. The molecule has 2 aromatic rings. The van der Waals surface area contributed by atoms with Crippen LogP contribution in [0.4, 0.5) is 0 Å². The molecule has 0 spiro atoms. The highest BCUT2D eigenvalue weighted by atomic mass is 16.5. The van der Waals surface area contributed by atoms with Gasteiger partial charge in [-0.15, -0.1) is 0 Å². The van der Waals surface area contributed by atoms with Crippen molar-refractivity contribution in [1.82, 2.24) is 15.3 Å². The number of imidazole rings is 1. The number of H-pyrrole nitrogens is 1. The Morgan fingerprint density at radius 2 is 2.12 bits per heavy atom. The maximum atomic E-state index is 12.2. The van der Waals surface area contributed by atoms with E-state index in [1.165, 1.54) is 0 Å². The van der Waals surface area contributed by atoms with Gasteiger partial charge in [-0.2, -0.15) is 0 Å². The zero-order chi connectivity index (χ0) is 18.2. The Kier molecular flexibility index (Phi) is 4.56. The number of aromatic amines is 1. The monoisotopic (exact) mass is 343 g/mol. The second-order valence-electron chi connectivity index (χ2n) is 7.57. The van der Waals surface area contributed by atoms with Gasteiger partial charge >= 0.3 is 0 Å². The maximum Gasteiger partial charge on any atom is 0.271 e. The molecular weight excluding hydrogens is 318 g/mol. The summed E-state index contributed by atoms with van der Waals surface area (Å²) in [6.45, 7) is 8.83. The van der Waals surface area contributed by atoms with Crippen LogP contribution in [0.3, 0.4) is 0 Å². The first kappa shape index (κ1) is 17.5. The summed E-state index contributed by atoms with van der Waals surface area (Å²) >= 11 is 0. The van der Waals surface area contributed by atoms with Crippen molar-refractivity contribution in [2.75, 3.05) is 13.2 Å². The molecule has 134 valence electrons. The number of nitrogens with one attached hydrogen (secondary N) is 2. The molecule has 0 aliphatic carbocycles. The summed E-state index contributed by atoms with van der Waals surface area (Å²) in [6.07, 6.45) is -0.234. The van der Waals surface area contributed by atoms with Crippen LogP contribution in [0, 0.1) is 19.3 Å². The van der Waals surface area contributed by atoms with Gasteiger partial charge in [0, 0.05) is 12.2 Å². The molecule has 25 heavy (non-hydrogen) atoms. The molecule has 0 saturated carbocycles. The molecule has 3 N–H and O–H groups in total. The predicted molar refractivity (Wildman–Crippen MR) is 94.8 cm³/mol. The van der Waals surface area contributed by atoms with Crippen LogP contribution < -0.4 is 10.1 Å². The first-order valence-electron chi connectivity index (χ1n) is 8.50. The number of hydrogen-bond donors (Lipinski definition) is 3. The quantitative estimate of drug-likeness (QED) is 0.796. The second kappa shape index (κ2) is 6.52. The molecule has 2 heterocycles. The summed E-state index contributed by atoms with van der Waals surface area (Å²) in [5, 5.41) is 13.3. The summed E-state index contributed by atoms with van der Waals surface area (Å²) in [7, 11) is 0. The number of rotatable bonds is 4. The minimum absolute atomic E-state index is 0.0643. The Hall–Kier alpha value is -2.34. The molecule has 0 fully saturated rings. The number of fused-ring (bicyclic) bond motifs is 1. The van der Waals surface area contributed by atoms with Crippen LogP contribution in [-0.2, 0) is 6.42 Å². The van der Waals surface area contributed by atoms with E-state index in [1.54, 1.807) is 0 Å². The van der Waals surface area contributed by atoms with Crippen molar-refractivity contribution < 1.29 is 14.6 Å². The molecule has 3 rings (SSSR count). The largest absolute Gasteiger partial charge is 0.490 e. The topological polar surface area (TPSA) is 87.2 Å². The van der Waals surface area contributed by atoms with Gasteiger partial charge in [-0.25, -0.2) is 4.98 Å². The Balaban J connectivity index is 1.74. The number of hydrogen-bond acceptors (Lipinski definition) is 4. The van der Waals surface area contributed by atoms with Gasteiger partial charge < -0.3 is 20.1 Å². The maximum absolute atomic E-state index is 12.2.